The predicted molar refractivity (Wildman–Crippen MR) is 109 cm³/mol. The fourth-order valence-corrected chi connectivity index (χ4v) is 4.12. The quantitative estimate of drug-likeness (QED) is 0.804. The fourth-order valence-electron chi connectivity index (χ4n) is 3.19. The van der Waals surface area contributed by atoms with Gasteiger partial charge in [0.05, 0.1) is 5.69 Å². The molecular formula is C20H23ClN2O3S. The molecule has 1 amide bonds. The molecule has 4 rings (SSSR count). The fraction of sp³-hybridized carbons (Fsp3) is 0.350. The van der Waals surface area contributed by atoms with Gasteiger partial charge in [-0.3, -0.25) is 4.79 Å². The summed E-state index contributed by atoms with van der Waals surface area (Å²) in [6, 6.07) is 14.0. The first-order valence-electron chi connectivity index (χ1n) is 8.98. The molecule has 27 heavy (non-hydrogen) atoms. The van der Waals surface area contributed by atoms with E-state index in [1.54, 1.807) is 11.8 Å². The lowest BCUT2D eigenvalue weighted by Gasteiger charge is -2.24. The van der Waals surface area contributed by atoms with Crippen molar-refractivity contribution in [3.63, 3.8) is 0 Å². The highest BCUT2D eigenvalue weighted by Gasteiger charge is 2.23. The minimum Gasteiger partial charge on any atom is -0.486 e. The normalized spacial score (nSPS) is 16.3. The number of carbonyl (C=O) groups is 1. The Morgan fingerprint density at radius 3 is 2.41 bits per heavy atom. The van der Waals surface area contributed by atoms with E-state index >= 15 is 0 Å². The van der Waals surface area contributed by atoms with Gasteiger partial charge in [-0.1, -0.05) is 30.0 Å². The van der Waals surface area contributed by atoms with Crippen molar-refractivity contribution in [3.8, 4) is 11.5 Å². The van der Waals surface area contributed by atoms with E-state index in [1.807, 2.05) is 30.3 Å². The van der Waals surface area contributed by atoms with Crippen LogP contribution in [0.25, 0.3) is 0 Å². The van der Waals surface area contributed by atoms with Gasteiger partial charge in [-0.25, -0.2) is 0 Å². The summed E-state index contributed by atoms with van der Waals surface area (Å²) >= 11 is 1.61. The van der Waals surface area contributed by atoms with Gasteiger partial charge in [0, 0.05) is 27.8 Å². The van der Waals surface area contributed by atoms with Gasteiger partial charge in [0.25, 0.3) is 0 Å². The van der Waals surface area contributed by atoms with E-state index in [0.29, 0.717) is 19.0 Å². The first kappa shape index (κ1) is 19.9. The second kappa shape index (κ2) is 9.35. The van der Waals surface area contributed by atoms with Gasteiger partial charge in [0.2, 0.25) is 5.91 Å². The van der Waals surface area contributed by atoms with Gasteiger partial charge in [-0.2, -0.15) is 0 Å². The maximum Gasteiger partial charge on any atom is 0.227 e. The molecule has 0 bridgehead atoms. The van der Waals surface area contributed by atoms with Crippen molar-refractivity contribution in [1.29, 1.82) is 0 Å². The molecule has 0 saturated carbocycles. The SMILES string of the molecule is Cl.O=C(Nc1cc2c(cc1Sc1ccccc1)OCCO2)C1CCNCC1. The molecule has 0 radical (unpaired) electrons. The molecular weight excluding hydrogens is 384 g/mol. The number of halogens is 1. The van der Waals surface area contributed by atoms with Crippen LogP contribution in [-0.2, 0) is 4.79 Å². The third kappa shape index (κ3) is 4.89. The number of hydrogen-bond acceptors (Lipinski definition) is 5. The summed E-state index contributed by atoms with van der Waals surface area (Å²) in [5, 5.41) is 6.43. The molecule has 1 fully saturated rings. The van der Waals surface area contributed by atoms with Crippen LogP contribution in [0.5, 0.6) is 11.5 Å². The summed E-state index contributed by atoms with van der Waals surface area (Å²) < 4.78 is 11.4. The van der Waals surface area contributed by atoms with Crippen LogP contribution >= 0.6 is 24.2 Å². The number of carbonyl (C=O) groups excluding carboxylic acids is 1. The van der Waals surface area contributed by atoms with Crippen molar-refractivity contribution in [1.82, 2.24) is 5.32 Å². The van der Waals surface area contributed by atoms with Crippen LogP contribution in [-0.4, -0.2) is 32.2 Å². The van der Waals surface area contributed by atoms with Crippen LogP contribution in [0.2, 0.25) is 0 Å². The van der Waals surface area contributed by atoms with E-state index in [4.69, 9.17) is 9.47 Å². The second-order valence-corrected chi connectivity index (χ2v) is 7.54. The summed E-state index contributed by atoms with van der Waals surface area (Å²) in [6.45, 7) is 2.86. The third-order valence-electron chi connectivity index (χ3n) is 4.58. The lowest BCUT2D eigenvalue weighted by molar-refractivity contribution is -0.120. The maximum atomic E-state index is 12.7. The minimum atomic E-state index is 0. The predicted octanol–water partition coefficient (Wildman–Crippen LogP) is 3.97. The second-order valence-electron chi connectivity index (χ2n) is 6.42. The zero-order valence-electron chi connectivity index (χ0n) is 14.9. The van der Waals surface area contributed by atoms with Gasteiger partial charge in [-0.05, 0) is 38.1 Å². The number of hydrogen-bond donors (Lipinski definition) is 2. The summed E-state index contributed by atoms with van der Waals surface area (Å²) in [5.74, 6) is 1.56. The molecule has 2 aliphatic rings. The summed E-state index contributed by atoms with van der Waals surface area (Å²) in [6.07, 6.45) is 1.75. The van der Waals surface area contributed by atoms with Gasteiger partial charge >= 0.3 is 0 Å². The average Bonchev–Trinajstić information content (AvgIpc) is 2.70. The lowest BCUT2D eigenvalue weighted by Crippen LogP contribution is -2.34. The smallest absolute Gasteiger partial charge is 0.227 e. The molecule has 7 heteroatoms. The van der Waals surface area contributed by atoms with E-state index in [2.05, 4.69) is 22.8 Å². The van der Waals surface area contributed by atoms with Crippen molar-refractivity contribution in [2.45, 2.75) is 22.6 Å². The highest BCUT2D eigenvalue weighted by atomic mass is 35.5. The van der Waals surface area contributed by atoms with E-state index in [-0.39, 0.29) is 24.2 Å². The first-order valence-corrected chi connectivity index (χ1v) is 9.79. The molecule has 2 aliphatic heterocycles. The number of rotatable bonds is 4. The Bertz CT molecular complexity index is 782. The Morgan fingerprint density at radius 1 is 1.04 bits per heavy atom. The maximum absolute atomic E-state index is 12.7. The molecule has 5 nitrogen and oxygen atoms in total. The zero-order valence-corrected chi connectivity index (χ0v) is 16.5. The molecule has 2 aromatic carbocycles. The van der Waals surface area contributed by atoms with Gasteiger partial charge < -0.3 is 20.1 Å². The van der Waals surface area contributed by atoms with Crippen LogP contribution in [0.4, 0.5) is 5.69 Å². The largest absolute Gasteiger partial charge is 0.486 e. The van der Waals surface area contributed by atoms with E-state index in [0.717, 1.165) is 47.2 Å². The highest BCUT2D eigenvalue weighted by Crippen LogP contribution is 2.42. The Hall–Kier alpha value is -1.89. The summed E-state index contributed by atoms with van der Waals surface area (Å²) in [5.41, 5.74) is 0.784. The minimum absolute atomic E-state index is 0. The van der Waals surface area contributed by atoms with Crippen molar-refractivity contribution >= 4 is 35.8 Å². The van der Waals surface area contributed by atoms with Crippen LogP contribution in [0.15, 0.2) is 52.3 Å². The average molecular weight is 407 g/mol. The third-order valence-corrected chi connectivity index (χ3v) is 5.65. The number of ether oxygens (including phenoxy) is 2. The molecule has 2 N–H and O–H groups in total. The van der Waals surface area contributed by atoms with Crippen molar-refractivity contribution < 1.29 is 14.3 Å². The van der Waals surface area contributed by atoms with Crippen LogP contribution in [0, 0.1) is 5.92 Å². The summed E-state index contributed by atoms with van der Waals surface area (Å²) in [7, 11) is 0. The molecule has 2 heterocycles. The van der Waals surface area contributed by atoms with Crippen LogP contribution < -0.4 is 20.1 Å². The molecule has 0 spiro atoms. The monoisotopic (exact) mass is 406 g/mol. The molecule has 2 aromatic rings. The topological polar surface area (TPSA) is 59.6 Å². The zero-order chi connectivity index (χ0) is 17.8. The highest BCUT2D eigenvalue weighted by molar-refractivity contribution is 7.99. The van der Waals surface area contributed by atoms with E-state index in [1.165, 1.54) is 0 Å². The van der Waals surface area contributed by atoms with Crippen molar-refractivity contribution in [2.24, 2.45) is 5.92 Å². The van der Waals surface area contributed by atoms with Gasteiger partial charge in [0.1, 0.15) is 13.2 Å². The lowest BCUT2D eigenvalue weighted by atomic mass is 9.97. The number of amides is 1. The van der Waals surface area contributed by atoms with Crippen molar-refractivity contribution in [3.05, 3.63) is 42.5 Å². The Labute approximate surface area is 169 Å². The number of benzene rings is 2. The number of piperidine rings is 1. The Balaban J connectivity index is 0.00000210. The number of anilines is 1. The van der Waals surface area contributed by atoms with E-state index in [9.17, 15) is 4.79 Å². The molecule has 1 saturated heterocycles. The Kier molecular flexibility index (Phi) is 6.88. The molecule has 0 atom stereocenters. The number of fused-ring (bicyclic) bond motifs is 1. The van der Waals surface area contributed by atoms with Crippen LogP contribution in [0.1, 0.15) is 12.8 Å². The molecule has 144 valence electrons. The first-order chi connectivity index (χ1) is 12.8. The van der Waals surface area contributed by atoms with Crippen LogP contribution in [0.3, 0.4) is 0 Å². The van der Waals surface area contributed by atoms with Gasteiger partial charge in [0.15, 0.2) is 11.5 Å². The molecule has 0 unspecified atom stereocenters. The van der Waals surface area contributed by atoms with Crippen molar-refractivity contribution in [2.75, 3.05) is 31.6 Å². The summed E-state index contributed by atoms with van der Waals surface area (Å²) in [4.78, 5) is 14.8. The van der Waals surface area contributed by atoms with E-state index < -0.39 is 0 Å². The standard InChI is InChI=1S/C20H22N2O3S.ClH/c23-20(14-6-8-21-9-7-14)22-16-12-17-18(25-11-10-24-17)13-19(16)26-15-4-2-1-3-5-15;/h1-5,12-14,21H,6-11H2,(H,22,23);1H. The Morgan fingerprint density at radius 2 is 1.70 bits per heavy atom. The molecule has 0 aromatic heterocycles. The van der Waals surface area contributed by atoms with Gasteiger partial charge in [-0.15, -0.1) is 12.4 Å². The number of nitrogens with one attached hydrogen (secondary N) is 2. The molecule has 0 aliphatic carbocycles.